The molecule has 8 nitrogen and oxygen atoms in total. The van der Waals surface area contributed by atoms with E-state index in [4.69, 9.17) is 21.1 Å². The number of amides is 2. The van der Waals surface area contributed by atoms with Crippen molar-refractivity contribution in [1.82, 2.24) is 10.2 Å². The zero-order valence-corrected chi connectivity index (χ0v) is 17.1. The van der Waals surface area contributed by atoms with E-state index in [2.05, 4.69) is 5.32 Å². The highest BCUT2D eigenvalue weighted by molar-refractivity contribution is 6.31. The second-order valence-electron chi connectivity index (χ2n) is 7.57. The van der Waals surface area contributed by atoms with Crippen LogP contribution in [0, 0.1) is 0 Å². The number of likely N-dealkylation sites (tertiary alicyclic amines) is 1. The number of aliphatic carboxylic acids is 1. The first-order valence-corrected chi connectivity index (χ1v) is 9.21. The number of halogens is 1. The summed E-state index contributed by atoms with van der Waals surface area (Å²) >= 11 is 6.23. The number of methoxy groups -OCH3 is 1. The van der Waals surface area contributed by atoms with E-state index < -0.39 is 29.6 Å². The summed E-state index contributed by atoms with van der Waals surface area (Å²) in [5.41, 5.74) is 0.285. The molecule has 0 aliphatic carbocycles. The minimum absolute atomic E-state index is 0.0900. The largest absolute Gasteiger partial charge is 0.480 e. The fourth-order valence-corrected chi connectivity index (χ4v) is 3.10. The number of hydrogen-bond acceptors (Lipinski definition) is 5. The van der Waals surface area contributed by atoms with Crippen molar-refractivity contribution < 1.29 is 29.0 Å². The summed E-state index contributed by atoms with van der Waals surface area (Å²) in [7, 11) is 1.48. The lowest BCUT2D eigenvalue weighted by Crippen LogP contribution is -2.46. The molecule has 154 valence electrons. The van der Waals surface area contributed by atoms with E-state index in [0.717, 1.165) is 0 Å². The van der Waals surface area contributed by atoms with Crippen molar-refractivity contribution in [1.29, 1.82) is 0 Å². The van der Waals surface area contributed by atoms with Crippen molar-refractivity contribution >= 4 is 29.6 Å². The maximum atomic E-state index is 12.4. The lowest BCUT2D eigenvalue weighted by molar-refractivity contribution is -0.141. The Hall–Kier alpha value is -2.32. The molecule has 0 bridgehead atoms. The topological polar surface area (TPSA) is 105 Å². The molecule has 0 radical (unpaired) electrons. The molecule has 2 N–H and O–H groups in total. The zero-order valence-electron chi connectivity index (χ0n) is 16.3. The fraction of sp³-hybridized carbons (Fsp3) is 0.526. The van der Waals surface area contributed by atoms with Gasteiger partial charge in [-0.05, 0) is 38.5 Å². The van der Waals surface area contributed by atoms with Crippen LogP contribution >= 0.6 is 11.6 Å². The minimum Gasteiger partial charge on any atom is -0.480 e. The number of carboxylic acids is 1. The Morgan fingerprint density at radius 3 is 2.54 bits per heavy atom. The van der Waals surface area contributed by atoms with Gasteiger partial charge in [-0.15, -0.1) is 0 Å². The monoisotopic (exact) mass is 412 g/mol. The molecule has 0 spiro atoms. The Labute approximate surface area is 168 Å². The van der Waals surface area contributed by atoms with Gasteiger partial charge in [0.25, 0.3) is 0 Å². The lowest BCUT2D eigenvalue weighted by Gasteiger charge is -2.22. The maximum absolute atomic E-state index is 12.4. The molecule has 1 aromatic rings. The average molecular weight is 413 g/mol. The van der Waals surface area contributed by atoms with Crippen molar-refractivity contribution in [3.63, 3.8) is 0 Å². The highest BCUT2D eigenvalue weighted by Crippen LogP contribution is 2.22. The minimum atomic E-state index is -1.07. The quantitative estimate of drug-likeness (QED) is 0.720. The summed E-state index contributed by atoms with van der Waals surface area (Å²) in [5.74, 6) is -1.56. The van der Waals surface area contributed by atoms with E-state index in [9.17, 15) is 19.5 Å². The first-order chi connectivity index (χ1) is 13.0. The smallest absolute Gasteiger partial charge is 0.338 e. The highest BCUT2D eigenvalue weighted by Gasteiger charge is 2.39. The number of carboxylic acid groups (broad SMARTS) is 1. The maximum Gasteiger partial charge on any atom is 0.338 e. The van der Waals surface area contributed by atoms with Gasteiger partial charge in [0.1, 0.15) is 11.6 Å². The SMILES string of the molecule is COC1C[C@@H](C(=O)O)N(C(=O)NCc2ccc(C(=O)OC(C)(C)C)cc2Cl)C1. The summed E-state index contributed by atoms with van der Waals surface area (Å²) in [6.45, 7) is 5.60. The van der Waals surface area contributed by atoms with Gasteiger partial charge in [-0.2, -0.15) is 0 Å². The van der Waals surface area contributed by atoms with E-state index in [1.54, 1.807) is 32.9 Å². The van der Waals surface area contributed by atoms with Crippen molar-refractivity contribution in [2.45, 2.75) is 51.5 Å². The first-order valence-electron chi connectivity index (χ1n) is 8.83. The Morgan fingerprint density at radius 1 is 1.32 bits per heavy atom. The Kier molecular flexibility index (Phi) is 6.90. The van der Waals surface area contributed by atoms with E-state index in [0.29, 0.717) is 16.1 Å². The number of rotatable bonds is 5. The van der Waals surface area contributed by atoms with Crippen LogP contribution in [0.1, 0.15) is 43.1 Å². The summed E-state index contributed by atoms with van der Waals surface area (Å²) < 4.78 is 10.5. The van der Waals surface area contributed by atoms with Crippen molar-refractivity contribution in [2.75, 3.05) is 13.7 Å². The van der Waals surface area contributed by atoms with E-state index in [1.165, 1.54) is 18.1 Å². The average Bonchev–Trinajstić information content (AvgIpc) is 3.03. The van der Waals surface area contributed by atoms with Gasteiger partial charge < -0.3 is 24.8 Å². The van der Waals surface area contributed by atoms with Crippen LogP contribution in [0.3, 0.4) is 0 Å². The second kappa shape index (κ2) is 8.79. The normalized spacial score (nSPS) is 19.4. The molecule has 0 saturated carbocycles. The Bertz CT molecular complexity index is 761. The molecule has 1 unspecified atom stereocenters. The molecular weight excluding hydrogens is 388 g/mol. The number of hydrogen-bond donors (Lipinski definition) is 2. The number of esters is 1. The standard InChI is InChI=1S/C19H25ClN2O6/c1-19(2,3)28-17(25)11-5-6-12(14(20)7-11)9-21-18(26)22-10-13(27-4)8-15(22)16(23)24/h5-7,13,15H,8-10H2,1-4H3,(H,21,26)(H,23,24)/t13?,15-/m0/s1. The van der Waals surface area contributed by atoms with E-state index >= 15 is 0 Å². The number of nitrogens with one attached hydrogen (secondary N) is 1. The lowest BCUT2D eigenvalue weighted by atomic mass is 10.1. The van der Waals surface area contributed by atoms with Gasteiger partial charge in [0.05, 0.1) is 11.7 Å². The Balaban J connectivity index is 2.01. The van der Waals surface area contributed by atoms with Crippen LogP contribution in [0.2, 0.25) is 5.02 Å². The van der Waals surface area contributed by atoms with Crippen molar-refractivity contribution in [3.8, 4) is 0 Å². The number of ether oxygens (including phenoxy) is 2. The first kappa shape index (κ1) is 22.0. The third-order valence-electron chi connectivity index (χ3n) is 4.26. The molecule has 28 heavy (non-hydrogen) atoms. The van der Waals surface area contributed by atoms with Crippen LogP contribution in [0.5, 0.6) is 0 Å². The molecule has 9 heteroatoms. The van der Waals surface area contributed by atoms with Crippen LogP contribution in [0.4, 0.5) is 4.79 Å². The van der Waals surface area contributed by atoms with Gasteiger partial charge in [-0.25, -0.2) is 14.4 Å². The molecule has 1 aliphatic rings. The van der Waals surface area contributed by atoms with Crippen LogP contribution in [-0.4, -0.2) is 59.4 Å². The summed E-state index contributed by atoms with van der Waals surface area (Å²) in [5, 5.41) is 12.3. The van der Waals surface area contributed by atoms with Crippen molar-refractivity contribution in [2.24, 2.45) is 0 Å². The number of benzene rings is 1. The summed E-state index contributed by atoms with van der Waals surface area (Å²) in [6, 6.07) is 3.22. The number of carbonyl (C=O) groups excluding carboxylic acids is 2. The molecule has 0 aromatic heterocycles. The molecule has 1 aliphatic heterocycles. The van der Waals surface area contributed by atoms with E-state index in [-0.39, 0.29) is 25.6 Å². The van der Waals surface area contributed by atoms with Crippen molar-refractivity contribution in [3.05, 3.63) is 34.3 Å². The molecule has 1 heterocycles. The predicted octanol–water partition coefficient (Wildman–Crippen LogP) is 2.68. The van der Waals surface area contributed by atoms with Gasteiger partial charge in [0, 0.05) is 31.6 Å². The number of urea groups is 1. The third-order valence-corrected chi connectivity index (χ3v) is 4.61. The highest BCUT2D eigenvalue weighted by atomic mass is 35.5. The number of nitrogens with zero attached hydrogens (tertiary/aromatic N) is 1. The van der Waals surface area contributed by atoms with Gasteiger partial charge in [0.15, 0.2) is 0 Å². The molecule has 1 aromatic carbocycles. The van der Waals surface area contributed by atoms with Crippen LogP contribution < -0.4 is 5.32 Å². The zero-order chi connectivity index (χ0) is 21.1. The second-order valence-corrected chi connectivity index (χ2v) is 7.97. The van der Waals surface area contributed by atoms with Gasteiger partial charge in [-0.1, -0.05) is 17.7 Å². The molecular formula is C19H25ClN2O6. The summed E-state index contributed by atoms with van der Waals surface area (Å²) in [4.78, 5) is 37.1. The third kappa shape index (κ3) is 5.59. The molecule has 2 atom stereocenters. The molecule has 1 fully saturated rings. The van der Waals surface area contributed by atoms with Gasteiger partial charge in [-0.3, -0.25) is 0 Å². The van der Waals surface area contributed by atoms with Crippen LogP contribution in [0.15, 0.2) is 18.2 Å². The number of carbonyl (C=O) groups is 3. The van der Waals surface area contributed by atoms with E-state index in [1.807, 2.05) is 0 Å². The molecule has 2 amide bonds. The van der Waals surface area contributed by atoms with Crippen LogP contribution in [0.25, 0.3) is 0 Å². The summed E-state index contributed by atoms with van der Waals surface area (Å²) in [6.07, 6.45) is -0.0755. The Morgan fingerprint density at radius 2 is 2.00 bits per heavy atom. The van der Waals surface area contributed by atoms with Gasteiger partial charge >= 0.3 is 18.0 Å². The molecule has 2 rings (SSSR count). The molecule has 1 saturated heterocycles. The predicted molar refractivity (Wildman–Crippen MR) is 102 cm³/mol. The fourth-order valence-electron chi connectivity index (χ4n) is 2.85. The van der Waals surface area contributed by atoms with Gasteiger partial charge in [0.2, 0.25) is 0 Å². The van der Waals surface area contributed by atoms with Crippen LogP contribution in [-0.2, 0) is 20.8 Å².